The fraction of sp³-hybridized carbons (Fsp3) is 0.647. The SMILES string of the molecule is C=C(C)CC(CC(=C)C)(NO)C(=O)N[C@H](C(=O)OCC)C(C)C. The number of carbonyl (C=O) groups excluding carboxylic acids is 2. The van der Waals surface area contributed by atoms with Crippen molar-refractivity contribution in [1.29, 1.82) is 0 Å². The van der Waals surface area contributed by atoms with Gasteiger partial charge in [0.15, 0.2) is 0 Å². The van der Waals surface area contributed by atoms with Crippen LogP contribution in [0.15, 0.2) is 24.3 Å². The van der Waals surface area contributed by atoms with Crippen LogP contribution >= 0.6 is 0 Å². The minimum atomic E-state index is -1.31. The van der Waals surface area contributed by atoms with Gasteiger partial charge in [-0.2, -0.15) is 5.48 Å². The van der Waals surface area contributed by atoms with Gasteiger partial charge in [-0.15, -0.1) is 13.2 Å². The molecule has 0 spiro atoms. The maximum Gasteiger partial charge on any atom is 0.328 e. The first-order chi connectivity index (χ1) is 10.6. The smallest absolute Gasteiger partial charge is 0.328 e. The number of hydrogen-bond acceptors (Lipinski definition) is 5. The normalized spacial score (nSPS) is 12.7. The first kappa shape index (κ1) is 21.3. The van der Waals surface area contributed by atoms with Gasteiger partial charge >= 0.3 is 5.97 Å². The second-order valence-electron chi connectivity index (χ2n) is 6.41. The Labute approximate surface area is 138 Å². The molecule has 0 radical (unpaired) electrons. The molecule has 0 fully saturated rings. The highest BCUT2D eigenvalue weighted by Crippen LogP contribution is 2.24. The lowest BCUT2D eigenvalue weighted by Crippen LogP contribution is -2.60. The monoisotopic (exact) mass is 326 g/mol. The minimum Gasteiger partial charge on any atom is -0.464 e. The summed E-state index contributed by atoms with van der Waals surface area (Å²) in [6, 6.07) is -0.787. The lowest BCUT2D eigenvalue weighted by molar-refractivity contribution is -0.150. The summed E-state index contributed by atoms with van der Waals surface area (Å²) in [5.74, 6) is -1.13. The summed E-state index contributed by atoms with van der Waals surface area (Å²) in [5.41, 5.74) is 2.24. The lowest BCUT2D eigenvalue weighted by Gasteiger charge is -2.33. The highest BCUT2D eigenvalue weighted by atomic mass is 16.5. The molecule has 0 aliphatic heterocycles. The summed E-state index contributed by atoms with van der Waals surface area (Å²) in [5, 5.41) is 12.3. The molecule has 0 aromatic rings. The summed E-state index contributed by atoms with van der Waals surface area (Å²) in [4.78, 5) is 24.8. The summed E-state index contributed by atoms with van der Waals surface area (Å²) in [6.07, 6.45) is 0.436. The predicted octanol–water partition coefficient (Wildman–Crippen LogP) is 2.34. The minimum absolute atomic E-state index is 0.149. The second-order valence-corrected chi connectivity index (χ2v) is 6.41. The Kier molecular flexibility index (Phi) is 8.79. The van der Waals surface area contributed by atoms with Crippen LogP contribution < -0.4 is 10.8 Å². The third kappa shape index (κ3) is 6.54. The molecule has 0 saturated heterocycles. The first-order valence-electron chi connectivity index (χ1n) is 7.77. The number of carbonyl (C=O) groups is 2. The Balaban J connectivity index is 5.45. The predicted molar refractivity (Wildman–Crippen MR) is 89.9 cm³/mol. The van der Waals surface area contributed by atoms with Crippen molar-refractivity contribution in [3.05, 3.63) is 24.3 Å². The van der Waals surface area contributed by atoms with Crippen LogP contribution in [0.4, 0.5) is 0 Å². The molecule has 6 heteroatoms. The van der Waals surface area contributed by atoms with Gasteiger partial charge in [0.25, 0.3) is 0 Å². The number of nitrogens with one attached hydrogen (secondary N) is 2. The quantitative estimate of drug-likeness (QED) is 0.326. The van der Waals surface area contributed by atoms with Gasteiger partial charge in [-0.05, 0) is 39.5 Å². The molecule has 0 aromatic carbocycles. The van der Waals surface area contributed by atoms with E-state index >= 15 is 0 Å². The molecule has 1 atom stereocenters. The van der Waals surface area contributed by atoms with Crippen molar-refractivity contribution in [3.8, 4) is 0 Å². The van der Waals surface area contributed by atoms with Gasteiger partial charge in [-0.25, -0.2) is 4.79 Å². The number of rotatable bonds is 10. The number of hydroxylamine groups is 1. The average molecular weight is 326 g/mol. The molecular formula is C17H30N2O4. The molecule has 0 saturated carbocycles. The molecule has 6 nitrogen and oxygen atoms in total. The van der Waals surface area contributed by atoms with Crippen LogP contribution in [0, 0.1) is 5.92 Å². The molecular weight excluding hydrogens is 296 g/mol. The lowest BCUT2D eigenvalue weighted by atomic mass is 9.85. The van der Waals surface area contributed by atoms with Gasteiger partial charge in [0.05, 0.1) is 6.61 Å². The van der Waals surface area contributed by atoms with E-state index in [1.807, 2.05) is 13.8 Å². The van der Waals surface area contributed by atoms with Gasteiger partial charge in [0.2, 0.25) is 5.91 Å². The van der Waals surface area contributed by atoms with E-state index in [-0.39, 0.29) is 25.4 Å². The van der Waals surface area contributed by atoms with Gasteiger partial charge < -0.3 is 15.3 Å². The molecule has 3 N–H and O–H groups in total. The van der Waals surface area contributed by atoms with E-state index in [2.05, 4.69) is 24.0 Å². The third-order valence-electron chi connectivity index (χ3n) is 3.35. The van der Waals surface area contributed by atoms with Gasteiger partial charge in [0, 0.05) is 0 Å². The fourth-order valence-electron chi connectivity index (χ4n) is 2.39. The van der Waals surface area contributed by atoms with Crippen molar-refractivity contribution < 1.29 is 19.5 Å². The van der Waals surface area contributed by atoms with Crippen molar-refractivity contribution in [2.45, 2.75) is 59.0 Å². The Morgan fingerprint density at radius 2 is 1.65 bits per heavy atom. The summed E-state index contributed by atoms with van der Waals surface area (Å²) < 4.78 is 5.00. The van der Waals surface area contributed by atoms with Crippen LogP contribution in [0.3, 0.4) is 0 Å². The largest absolute Gasteiger partial charge is 0.464 e. The highest BCUT2D eigenvalue weighted by molar-refractivity contribution is 5.91. The van der Waals surface area contributed by atoms with Crippen LogP contribution in [0.25, 0.3) is 0 Å². The van der Waals surface area contributed by atoms with Crippen molar-refractivity contribution in [2.24, 2.45) is 5.92 Å². The molecule has 0 rings (SSSR count). The maximum atomic E-state index is 12.8. The van der Waals surface area contributed by atoms with E-state index in [0.717, 1.165) is 11.1 Å². The molecule has 23 heavy (non-hydrogen) atoms. The van der Waals surface area contributed by atoms with E-state index in [1.165, 1.54) is 0 Å². The fourth-order valence-corrected chi connectivity index (χ4v) is 2.39. The van der Waals surface area contributed by atoms with E-state index in [4.69, 9.17) is 4.74 Å². The number of ether oxygens (including phenoxy) is 1. The number of hydrogen-bond donors (Lipinski definition) is 3. The van der Waals surface area contributed by atoms with Crippen molar-refractivity contribution in [3.63, 3.8) is 0 Å². The Bertz CT molecular complexity index is 442. The van der Waals surface area contributed by atoms with Crippen LogP contribution in [-0.4, -0.2) is 35.3 Å². The molecule has 0 aliphatic carbocycles. The zero-order chi connectivity index (χ0) is 18.2. The van der Waals surface area contributed by atoms with E-state index in [0.29, 0.717) is 0 Å². The summed E-state index contributed by atoms with van der Waals surface area (Å²) in [6.45, 7) is 16.7. The molecule has 0 unspecified atom stereocenters. The molecule has 0 aromatic heterocycles. The van der Waals surface area contributed by atoms with Crippen LogP contribution in [-0.2, 0) is 14.3 Å². The van der Waals surface area contributed by atoms with Gasteiger partial charge in [0.1, 0.15) is 11.6 Å². The van der Waals surface area contributed by atoms with E-state index in [9.17, 15) is 14.8 Å². The number of esters is 1. The summed E-state index contributed by atoms with van der Waals surface area (Å²) >= 11 is 0. The zero-order valence-corrected chi connectivity index (χ0v) is 14.9. The van der Waals surface area contributed by atoms with Crippen LogP contribution in [0.1, 0.15) is 47.5 Å². The standard InChI is InChI=1S/C17H30N2O4/c1-8-23-15(20)14(13(6)7)18-16(21)17(19-22,9-11(2)3)10-12(4)5/h13-14,19,22H,2,4,8-10H2,1,3,5-7H3,(H,18,21)/t14-/m0/s1. The second kappa shape index (κ2) is 9.47. The van der Waals surface area contributed by atoms with Crippen molar-refractivity contribution in [2.75, 3.05) is 6.61 Å². The van der Waals surface area contributed by atoms with Crippen molar-refractivity contribution in [1.82, 2.24) is 10.8 Å². The molecule has 0 bridgehead atoms. The maximum absolute atomic E-state index is 12.8. The zero-order valence-electron chi connectivity index (χ0n) is 14.9. The molecule has 1 amide bonds. The van der Waals surface area contributed by atoms with Gasteiger partial charge in [-0.3, -0.25) is 4.79 Å². The van der Waals surface area contributed by atoms with Crippen LogP contribution in [0.5, 0.6) is 0 Å². The van der Waals surface area contributed by atoms with E-state index < -0.39 is 23.5 Å². The van der Waals surface area contributed by atoms with Crippen molar-refractivity contribution >= 4 is 11.9 Å². The highest BCUT2D eigenvalue weighted by Gasteiger charge is 2.40. The Morgan fingerprint density at radius 1 is 1.17 bits per heavy atom. The average Bonchev–Trinajstić information content (AvgIpc) is 2.42. The molecule has 0 heterocycles. The Morgan fingerprint density at radius 3 is 1.96 bits per heavy atom. The van der Waals surface area contributed by atoms with E-state index in [1.54, 1.807) is 20.8 Å². The summed E-state index contributed by atoms with van der Waals surface area (Å²) in [7, 11) is 0. The van der Waals surface area contributed by atoms with Crippen LogP contribution in [0.2, 0.25) is 0 Å². The van der Waals surface area contributed by atoms with Gasteiger partial charge in [-0.1, -0.05) is 25.0 Å². The first-order valence-corrected chi connectivity index (χ1v) is 7.77. The molecule has 132 valence electrons. The topological polar surface area (TPSA) is 87.7 Å². The third-order valence-corrected chi connectivity index (χ3v) is 3.35. The molecule has 0 aliphatic rings. The Hall–Kier alpha value is -1.66. The number of amides is 1.